The first-order chi connectivity index (χ1) is 4.79. The molecule has 0 radical (unpaired) electrons. The topological polar surface area (TPSA) is 14.1 Å². The van der Waals surface area contributed by atoms with Gasteiger partial charge in [-0.25, -0.2) is 4.98 Å². The summed E-state index contributed by atoms with van der Waals surface area (Å²) in [7, 11) is 0. The normalized spacial score (nSPS) is 8.00. The first-order valence-electron chi connectivity index (χ1n) is 3.74. The molecule has 56 valence electrons. The van der Waals surface area contributed by atoms with Crippen LogP contribution in [-0.2, 0) is 0 Å². The van der Waals surface area contributed by atoms with Crippen molar-refractivity contribution in [3.05, 3.63) is 29.6 Å². The lowest BCUT2D eigenvalue weighted by molar-refractivity contribution is -0.396. The summed E-state index contributed by atoms with van der Waals surface area (Å²) in [6, 6.07) is 6.14. The molecule has 1 heterocycles. The summed E-state index contributed by atoms with van der Waals surface area (Å²) in [4.78, 5) is 3.17. The molecule has 0 aliphatic heterocycles. The van der Waals surface area contributed by atoms with Crippen LogP contribution in [0, 0.1) is 13.8 Å². The van der Waals surface area contributed by atoms with Crippen LogP contribution in [0.3, 0.4) is 0 Å². The zero-order valence-electron chi connectivity index (χ0n) is 7.23. The number of H-pyrrole nitrogens is 1. The minimum Gasteiger partial charge on any atom is -0.213 e. The van der Waals surface area contributed by atoms with Crippen LogP contribution in [-0.4, -0.2) is 0 Å². The molecule has 0 unspecified atom stereocenters. The highest BCUT2D eigenvalue weighted by atomic mass is 14.7. The molecule has 1 aromatic rings. The molecule has 10 heavy (non-hydrogen) atoms. The van der Waals surface area contributed by atoms with Gasteiger partial charge in [-0.1, -0.05) is 13.8 Å². The van der Waals surface area contributed by atoms with Gasteiger partial charge in [-0.15, -0.1) is 0 Å². The zero-order chi connectivity index (χ0) is 7.98. The second kappa shape index (κ2) is 4.98. The van der Waals surface area contributed by atoms with E-state index >= 15 is 0 Å². The summed E-state index contributed by atoms with van der Waals surface area (Å²) in [5.41, 5.74) is 2.43. The van der Waals surface area contributed by atoms with E-state index in [0.717, 1.165) is 0 Å². The molecular weight excluding hydrogens is 122 g/mol. The van der Waals surface area contributed by atoms with Crippen molar-refractivity contribution >= 4 is 0 Å². The Bertz CT molecular complexity index is 165. The molecule has 0 amide bonds. The van der Waals surface area contributed by atoms with E-state index in [-0.39, 0.29) is 0 Å². The minimum atomic E-state index is 1.21. The number of hydrogen-bond acceptors (Lipinski definition) is 0. The van der Waals surface area contributed by atoms with Gasteiger partial charge < -0.3 is 0 Å². The van der Waals surface area contributed by atoms with Crippen molar-refractivity contribution < 1.29 is 4.98 Å². The lowest BCUT2D eigenvalue weighted by Crippen LogP contribution is -2.09. The number of aromatic amines is 1. The molecule has 0 aliphatic carbocycles. The van der Waals surface area contributed by atoms with E-state index in [1.165, 1.54) is 11.4 Å². The van der Waals surface area contributed by atoms with Gasteiger partial charge in [-0.05, 0) is 6.07 Å². The summed E-state index contributed by atoms with van der Waals surface area (Å²) in [6.07, 6.45) is 0. The molecule has 0 atom stereocenters. The Hall–Kier alpha value is -0.850. The molecule has 1 N–H and O–H groups in total. The summed E-state index contributed by atoms with van der Waals surface area (Å²) < 4.78 is 0. The van der Waals surface area contributed by atoms with Crippen molar-refractivity contribution in [2.75, 3.05) is 0 Å². The SMILES string of the molecule is CC.Cc1cccc(C)[nH+]1. The van der Waals surface area contributed by atoms with Gasteiger partial charge in [0, 0.05) is 26.0 Å². The number of aryl methyl sites for hydroxylation is 2. The lowest BCUT2D eigenvalue weighted by Gasteiger charge is -1.82. The van der Waals surface area contributed by atoms with Gasteiger partial charge in [0.2, 0.25) is 0 Å². The fourth-order valence-corrected chi connectivity index (χ4v) is 0.731. The maximum Gasteiger partial charge on any atom is 0.176 e. The Kier molecular flexibility index (Phi) is 4.55. The number of hydrogen-bond donors (Lipinski definition) is 0. The molecule has 0 bridgehead atoms. The van der Waals surface area contributed by atoms with Gasteiger partial charge in [0.25, 0.3) is 0 Å². The fourth-order valence-electron chi connectivity index (χ4n) is 0.731. The van der Waals surface area contributed by atoms with Crippen molar-refractivity contribution in [2.45, 2.75) is 27.7 Å². The third kappa shape index (κ3) is 3.23. The molecule has 1 aromatic heterocycles. The first kappa shape index (κ1) is 9.15. The van der Waals surface area contributed by atoms with Gasteiger partial charge in [-0.3, -0.25) is 0 Å². The third-order valence-corrected chi connectivity index (χ3v) is 1.09. The molecule has 0 spiro atoms. The van der Waals surface area contributed by atoms with Crippen molar-refractivity contribution in [1.29, 1.82) is 0 Å². The van der Waals surface area contributed by atoms with Crippen LogP contribution in [0.4, 0.5) is 0 Å². The molecule has 0 aromatic carbocycles. The van der Waals surface area contributed by atoms with Crippen LogP contribution >= 0.6 is 0 Å². The highest BCUT2D eigenvalue weighted by molar-refractivity contribution is 4.99. The average molecular weight is 138 g/mol. The van der Waals surface area contributed by atoms with Crippen LogP contribution in [0.2, 0.25) is 0 Å². The van der Waals surface area contributed by atoms with Gasteiger partial charge in [0.15, 0.2) is 11.4 Å². The van der Waals surface area contributed by atoms with Crippen molar-refractivity contribution in [2.24, 2.45) is 0 Å². The summed E-state index contributed by atoms with van der Waals surface area (Å²) in [5, 5.41) is 0. The summed E-state index contributed by atoms with van der Waals surface area (Å²) in [6.45, 7) is 8.10. The molecule has 1 nitrogen and oxygen atoms in total. The lowest BCUT2D eigenvalue weighted by atomic mass is 10.3. The minimum absolute atomic E-state index is 1.21. The molecule has 1 rings (SSSR count). The van der Waals surface area contributed by atoms with E-state index in [1.54, 1.807) is 0 Å². The van der Waals surface area contributed by atoms with E-state index in [9.17, 15) is 0 Å². The second-order valence-electron chi connectivity index (χ2n) is 2.02. The van der Waals surface area contributed by atoms with Crippen LogP contribution in [0.1, 0.15) is 25.2 Å². The highest BCUT2D eigenvalue weighted by Gasteiger charge is 1.90. The molecule has 0 saturated heterocycles. The third-order valence-electron chi connectivity index (χ3n) is 1.09. The molecule has 0 saturated carbocycles. The fraction of sp³-hybridized carbons (Fsp3) is 0.444. The van der Waals surface area contributed by atoms with Crippen LogP contribution in [0.15, 0.2) is 18.2 Å². The Morgan fingerprint density at radius 2 is 1.40 bits per heavy atom. The quantitative estimate of drug-likeness (QED) is 0.521. The predicted octanol–water partition coefficient (Wildman–Crippen LogP) is 2.14. The van der Waals surface area contributed by atoms with E-state index in [2.05, 4.69) is 4.98 Å². The Morgan fingerprint density at radius 1 is 1.00 bits per heavy atom. The maximum atomic E-state index is 3.17. The average Bonchev–Trinajstić information content (AvgIpc) is 1.91. The number of aromatic nitrogens is 1. The predicted molar refractivity (Wildman–Crippen MR) is 43.8 cm³/mol. The van der Waals surface area contributed by atoms with Gasteiger partial charge in [0.1, 0.15) is 0 Å². The number of rotatable bonds is 0. The zero-order valence-corrected chi connectivity index (χ0v) is 7.23. The Morgan fingerprint density at radius 3 is 1.60 bits per heavy atom. The van der Waals surface area contributed by atoms with Crippen molar-refractivity contribution in [3.63, 3.8) is 0 Å². The van der Waals surface area contributed by atoms with E-state index in [0.29, 0.717) is 0 Å². The molecule has 0 aliphatic rings. The van der Waals surface area contributed by atoms with E-state index in [1.807, 2.05) is 45.9 Å². The molecular formula is C9H16N+. The van der Waals surface area contributed by atoms with Crippen LogP contribution in [0.5, 0.6) is 0 Å². The smallest absolute Gasteiger partial charge is 0.176 e. The second-order valence-corrected chi connectivity index (χ2v) is 2.02. The number of pyridine rings is 1. The molecule has 1 heteroatoms. The monoisotopic (exact) mass is 138 g/mol. The van der Waals surface area contributed by atoms with Crippen LogP contribution < -0.4 is 4.98 Å². The maximum absolute atomic E-state index is 3.17. The Balaban J connectivity index is 0.000000371. The van der Waals surface area contributed by atoms with Crippen molar-refractivity contribution in [1.82, 2.24) is 0 Å². The highest BCUT2D eigenvalue weighted by Crippen LogP contribution is 1.87. The standard InChI is InChI=1S/C7H9N.C2H6/c1-6-4-3-5-7(2)8-6;1-2/h3-5H,1-2H3;1-2H3/p+1. The van der Waals surface area contributed by atoms with E-state index < -0.39 is 0 Å². The summed E-state index contributed by atoms with van der Waals surface area (Å²) in [5.74, 6) is 0. The van der Waals surface area contributed by atoms with Gasteiger partial charge in [0.05, 0.1) is 0 Å². The van der Waals surface area contributed by atoms with Crippen LogP contribution in [0.25, 0.3) is 0 Å². The van der Waals surface area contributed by atoms with E-state index in [4.69, 9.17) is 0 Å². The molecule has 0 fully saturated rings. The first-order valence-corrected chi connectivity index (χ1v) is 3.74. The van der Waals surface area contributed by atoms with Gasteiger partial charge in [-0.2, -0.15) is 0 Å². The number of nitrogens with one attached hydrogen (secondary N) is 1. The van der Waals surface area contributed by atoms with Crippen molar-refractivity contribution in [3.8, 4) is 0 Å². The van der Waals surface area contributed by atoms with Gasteiger partial charge >= 0.3 is 0 Å². The largest absolute Gasteiger partial charge is 0.213 e. The summed E-state index contributed by atoms with van der Waals surface area (Å²) >= 11 is 0. The Labute approximate surface area is 63.1 Å².